The van der Waals surface area contributed by atoms with Crippen molar-refractivity contribution >= 4 is 17.6 Å². The molecule has 1 aromatic carbocycles. The first kappa shape index (κ1) is 20.2. The Kier molecular flexibility index (Phi) is 7.91. The number of aliphatic imine (C=N–C) groups is 1. The first-order valence-electron chi connectivity index (χ1n) is 9.10. The molecule has 6 nitrogen and oxygen atoms in total. The average Bonchev–Trinajstić information content (AvgIpc) is 3.07. The molecule has 0 saturated carbocycles. The van der Waals surface area contributed by atoms with E-state index in [4.69, 9.17) is 16.6 Å². The van der Waals surface area contributed by atoms with Crippen molar-refractivity contribution in [2.45, 2.75) is 40.3 Å². The summed E-state index contributed by atoms with van der Waals surface area (Å²) in [7, 11) is 2.05. The summed E-state index contributed by atoms with van der Waals surface area (Å²) in [5.74, 6) is 2.42. The molecule has 7 heteroatoms. The molecule has 0 unspecified atom stereocenters. The maximum atomic E-state index is 5.98. The van der Waals surface area contributed by atoms with E-state index in [1.165, 1.54) is 5.56 Å². The number of rotatable bonds is 8. The zero-order valence-electron chi connectivity index (χ0n) is 16.1. The number of aromatic nitrogens is 3. The summed E-state index contributed by atoms with van der Waals surface area (Å²) in [6.45, 7) is 9.58. The van der Waals surface area contributed by atoms with Crippen molar-refractivity contribution in [1.82, 2.24) is 25.0 Å². The number of aryl methyl sites for hydroxylation is 1. The summed E-state index contributed by atoms with van der Waals surface area (Å²) >= 11 is 5.98. The van der Waals surface area contributed by atoms with Gasteiger partial charge in [0, 0.05) is 44.7 Å². The van der Waals surface area contributed by atoms with Gasteiger partial charge < -0.3 is 14.8 Å². The molecular weight excluding hydrogens is 348 g/mol. The Balaban J connectivity index is 1.97. The number of hydrogen-bond donors (Lipinski definition) is 1. The van der Waals surface area contributed by atoms with E-state index in [0.29, 0.717) is 5.92 Å². The second kappa shape index (κ2) is 10.2. The van der Waals surface area contributed by atoms with Gasteiger partial charge in [0.15, 0.2) is 5.96 Å². The van der Waals surface area contributed by atoms with Crippen molar-refractivity contribution in [3.05, 3.63) is 47.0 Å². The van der Waals surface area contributed by atoms with E-state index >= 15 is 0 Å². The quantitative estimate of drug-likeness (QED) is 0.567. The van der Waals surface area contributed by atoms with Gasteiger partial charge in [0.25, 0.3) is 0 Å². The van der Waals surface area contributed by atoms with Gasteiger partial charge >= 0.3 is 0 Å². The Morgan fingerprint density at radius 3 is 2.69 bits per heavy atom. The smallest absolute Gasteiger partial charge is 0.194 e. The Bertz CT molecular complexity index is 692. The summed E-state index contributed by atoms with van der Waals surface area (Å²) in [5.41, 5.74) is 1.20. The summed E-state index contributed by atoms with van der Waals surface area (Å²) in [6, 6.07) is 7.93. The van der Waals surface area contributed by atoms with Crippen LogP contribution in [0.5, 0.6) is 0 Å². The van der Waals surface area contributed by atoms with Gasteiger partial charge in [-0.15, -0.1) is 10.2 Å². The highest BCUT2D eigenvalue weighted by Crippen LogP contribution is 2.11. The van der Waals surface area contributed by atoms with Crippen molar-refractivity contribution in [3.8, 4) is 0 Å². The minimum atomic E-state index is 0.514. The van der Waals surface area contributed by atoms with Gasteiger partial charge in [-0.2, -0.15) is 0 Å². The molecule has 0 aliphatic carbocycles. The average molecular weight is 377 g/mol. The third kappa shape index (κ3) is 6.33. The zero-order chi connectivity index (χ0) is 18.9. The molecule has 1 aromatic heterocycles. The lowest BCUT2D eigenvalue weighted by Crippen LogP contribution is -2.40. The van der Waals surface area contributed by atoms with Crippen LogP contribution in [0.4, 0.5) is 0 Å². The first-order chi connectivity index (χ1) is 12.5. The Morgan fingerprint density at radius 1 is 1.31 bits per heavy atom. The fraction of sp³-hybridized carbons (Fsp3) is 0.526. The SMILES string of the molecule is CCc1nncn1CCNC(=NCC(C)C)N(C)Cc1ccc(Cl)cc1. The van der Waals surface area contributed by atoms with Crippen LogP contribution in [0.3, 0.4) is 0 Å². The van der Waals surface area contributed by atoms with Crippen LogP contribution in [-0.2, 0) is 19.5 Å². The van der Waals surface area contributed by atoms with Crippen molar-refractivity contribution in [1.29, 1.82) is 0 Å². The Labute approximate surface area is 161 Å². The van der Waals surface area contributed by atoms with Crippen LogP contribution in [0.1, 0.15) is 32.2 Å². The molecule has 0 amide bonds. The van der Waals surface area contributed by atoms with Gasteiger partial charge in [-0.25, -0.2) is 0 Å². The fourth-order valence-electron chi connectivity index (χ4n) is 2.55. The lowest BCUT2D eigenvalue weighted by molar-refractivity contribution is 0.467. The van der Waals surface area contributed by atoms with Crippen LogP contribution in [0, 0.1) is 5.92 Å². The largest absolute Gasteiger partial charge is 0.354 e. The van der Waals surface area contributed by atoms with E-state index < -0.39 is 0 Å². The lowest BCUT2D eigenvalue weighted by Gasteiger charge is -2.23. The van der Waals surface area contributed by atoms with E-state index in [2.05, 4.69) is 52.8 Å². The number of benzene rings is 1. The number of hydrogen-bond acceptors (Lipinski definition) is 3. The molecule has 2 rings (SSSR count). The second-order valence-corrected chi connectivity index (χ2v) is 7.20. The minimum Gasteiger partial charge on any atom is -0.354 e. The molecule has 0 atom stereocenters. The molecule has 0 radical (unpaired) electrons. The highest BCUT2D eigenvalue weighted by molar-refractivity contribution is 6.30. The van der Waals surface area contributed by atoms with Gasteiger partial charge in [-0.05, 0) is 23.6 Å². The summed E-state index contributed by atoms with van der Waals surface area (Å²) < 4.78 is 2.08. The predicted molar refractivity (Wildman–Crippen MR) is 107 cm³/mol. The monoisotopic (exact) mass is 376 g/mol. The van der Waals surface area contributed by atoms with Crippen LogP contribution < -0.4 is 5.32 Å². The number of halogens is 1. The Morgan fingerprint density at radius 2 is 2.04 bits per heavy atom. The van der Waals surface area contributed by atoms with Crippen LogP contribution >= 0.6 is 11.6 Å². The van der Waals surface area contributed by atoms with Crippen molar-refractivity contribution in [3.63, 3.8) is 0 Å². The number of nitrogens with zero attached hydrogens (tertiary/aromatic N) is 5. The molecule has 1 N–H and O–H groups in total. The molecule has 0 aliphatic rings. The van der Waals surface area contributed by atoms with Crippen molar-refractivity contribution in [2.24, 2.45) is 10.9 Å². The van der Waals surface area contributed by atoms with E-state index in [9.17, 15) is 0 Å². The van der Waals surface area contributed by atoms with Gasteiger partial charge in [-0.1, -0.05) is 44.5 Å². The maximum absolute atomic E-state index is 5.98. The first-order valence-corrected chi connectivity index (χ1v) is 9.48. The lowest BCUT2D eigenvalue weighted by atomic mass is 10.2. The number of guanidine groups is 1. The summed E-state index contributed by atoms with van der Waals surface area (Å²) in [5, 5.41) is 12.3. The molecule has 1 heterocycles. The zero-order valence-corrected chi connectivity index (χ0v) is 16.9. The van der Waals surface area contributed by atoms with Gasteiger partial charge in [0.05, 0.1) is 0 Å². The topological polar surface area (TPSA) is 58.3 Å². The normalized spacial score (nSPS) is 11.8. The fourth-order valence-corrected chi connectivity index (χ4v) is 2.67. The van der Waals surface area contributed by atoms with Crippen molar-refractivity contribution < 1.29 is 0 Å². The molecule has 26 heavy (non-hydrogen) atoms. The van der Waals surface area contributed by atoms with Crippen LogP contribution in [0.15, 0.2) is 35.6 Å². The van der Waals surface area contributed by atoms with Gasteiger partial charge in [0.2, 0.25) is 0 Å². The van der Waals surface area contributed by atoms with E-state index in [1.54, 1.807) is 6.33 Å². The predicted octanol–water partition coefficient (Wildman–Crippen LogP) is 3.23. The molecule has 0 bridgehead atoms. The molecule has 0 saturated heterocycles. The molecular formula is C19H29ClN6. The highest BCUT2D eigenvalue weighted by Gasteiger charge is 2.09. The standard InChI is InChI=1S/C19H29ClN6/c1-5-18-24-23-14-26(18)11-10-21-19(22-12-15(2)3)25(4)13-16-6-8-17(20)9-7-16/h6-9,14-15H,5,10-13H2,1-4H3,(H,21,22). The summed E-state index contributed by atoms with van der Waals surface area (Å²) in [4.78, 5) is 6.90. The van der Waals surface area contributed by atoms with E-state index in [0.717, 1.165) is 49.4 Å². The third-order valence-electron chi connectivity index (χ3n) is 3.95. The minimum absolute atomic E-state index is 0.514. The third-order valence-corrected chi connectivity index (χ3v) is 4.20. The Hall–Kier alpha value is -2.08. The molecule has 142 valence electrons. The van der Waals surface area contributed by atoms with Crippen LogP contribution in [0.2, 0.25) is 5.02 Å². The van der Waals surface area contributed by atoms with Crippen molar-refractivity contribution in [2.75, 3.05) is 20.1 Å². The number of nitrogens with one attached hydrogen (secondary N) is 1. The molecule has 0 fully saturated rings. The van der Waals surface area contributed by atoms with Gasteiger partial charge in [-0.3, -0.25) is 4.99 Å². The second-order valence-electron chi connectivity index (χ2n) is 6.76. The maximum Gasteiger partial charge on any atom is 0.194 e. The van der Waals surface area contributed by atoms with Crippen LogP contribution in [-0.4, -0.2) is 45.8 Å². The highest BCUT2D eigenvalue weighted by atomic mass is 35.5. The van der Waals surface area contributed by atoms with Gasteiger partial charge in [0.1, 0.15) is 12.2 Å². The molecule has 0 aliphatic heterocycles. The van der Waals surface area contributed by atoms with E-state index in [-0.39, 0.29) is 0 Å². The molecule has 2 aromatic rings. The van der Waals surface area contributed by atoms with E-state index in [1.807, 2.05) is 24.3 Å². The molecule has 0 spiro atoms. The van der Waals surface area contributed by atoms with Crippen LogP contribution in [0.25, 0.3) is 0 Å². The summed E-state index contributed by atoms with van der Waals surface area (Å²) in [6.07, 6.45) is 2.66.